The normalized spacial score (nSPS) is 22.0. The molecule has 152 valence electrons. The SMILES string of the molecule is CCC(C)(C)C1CCC(C(C)(C)C=Cc2ccc(C(C)C)c(F)c2F)CC1. The summed E-state index contributed by atoms with van der Waals surface area (Å²) >= 11 is 0. The highest BCUT2D eigenvalue weighted by molar-refractivity contribution is 5.52. The van der Waals surface area contributed by atoms with Crippen LogP contribution in [0.5, 0.6) is 0 Å². The molecular weight excluding hydrogens is 338 g/mol. The quantitative estimate of drug-likeness (QED) is 0.468. The van der Waals surface area contributed by atoms with Gasteiger partial charge in [0.25, 0.3) is 0 Å². The first-order valence-electron chi connectivity index (χ1n) is 10.7. The van der Waals surface area contributed by atoms with Gasteiger partial charge in [-0.15, -0.1) is 0 Å². The third-order valence-electron chi connectivity index (χ3n) is 7.25. The second-order valence-corrected chi connectivity index (χ2v) is 10.1. The van der Waals surface area contributed by atoms with E-state index in [-0.39, 0.29) is 11.3 Å². The number of hydrogen-bond donors (Lipinski definition) is 0. The summed E-state index contributed by atoms with van der Waals surface area (Å²) in [4.78, 5) is 0. The highest BCUT2D eigenvalue weighted by atomic mass is 19.2. The average molecular weight is 377 g/mol. The Balaban J connectivity index is 2.10. The Morgan fingerprint density at radius 2 is 1.52 bits per heavy atom. The Labute approximate surface area is 165 Å². The van der Waals surface area contributed by atoms with Crippen LogP contribution in [-0.4, -0.2) is 0 Å². The van der Waals surface area contributed by atoms with Gasteiger partial charge in [0.15, 0.2) is 11.6 Å². The van der Waals surface area contributed by atoms with E-state index in [4.69, 9.17) is 0 Å². The number of hydrogen-bond acceptors (Lipinski definition) is 0. The van der Waals surface area contributed by atoms with Gasteiger partial charge in [-0.3, -0.25) is 0 Å². The summed E-state index contributed by atoms with van der Waals surface area (Å²) in [5, 5.41) is 0. The minimum Gasteiger partial charge on any atom is -0.203 e. The van der Waals surface area contributed by atoms with Crippen molar-refractivity contribution >= 4 is 6.08 Å². The first-order chi connectivity index (χ1) is 12.5. The molecule has 2 heteroatoms. The molecule has 0 aliphatic heterocycles. The molecule has 0 saturated heterocycles. The summed E-state index contributed by atoms with van der Waals surface area (Å²) in [6, 6.07) is 3.43. The summed E-state index contributed by atoms with van der Waals surface area (Å²) in [5.41, 5.74) is 1.21. The fourth-order valence-electron chi connectivity index (χ4n) is 4.50. The number of benzene rings is 1. The number of allylic oxidation sites excluding steroid dienone is 1. The van der Waals surface area contributed by atoms with E-state index >= 15 is 0 Å². The van der Waals surface area contributed by atoms with Gasteiger partial charge in [0.05, 0.1) is 0 Å². The molecule has 1 fully saturated rings. The van der Waals surface area contributed by atoms with Crippen LogP contribution in [0.25, 0.3) is 6.08 Å². The predicted octanol–water partition coefficient (Wildman–Crippen LogP) is 8.37. The third-order valence-corrected chi connectivity index (χ3v) is 7.25. The van der Waals surface area contributed by atoms with E-state index < -0.39 is 11.6 Å². The molecule has 1 aliphatic carbocycles. The molecule has 0 aromatic heterocycles. The van der Waals surface area contributed by atoms with E-state index in [9.17, 15) is 8.78 Å². The van der Waals surface area contributed by atoms with Gasteiger partial charge >= 0.3 is 0 Å². The Bertz CT molecular complexity index is 659. The van der Waals surface area contributed by atoms with Crippen molar-refractivity contribution in [1.82, 2.24) is 0 Å². The fraction of sp³-hybridized carbons (Fsp3) is 0.680. The Morgan fingerprint density at radius 3 is 2.04 bits per heavy atom. The van der Waals surface area contributed by atoms with Gasteiger partial charge in [0, 0.05) is 5.56 Å². The summed E-state index contributed by atoms with van der Waals surface area (Å²) < 4.78 is 28.7. The molecule has 1 aromatic carbocycles. The van der Waals surface area contributed by atoms with Crippen LogP contribution in [0.1, 0.15) is 97.6 Å². The molecule has 0 bridgehead atoms. The Morgan fingerprint density at radius 1 is 0.963 bits per heavy atom. The van der Waals surface area contributed by atoms with E-state index in [1.54, 1.807) is 18.2 Å². The molecule has 0 radical (unpaired) electrons. The van der Waals surface area contributed by atoms with Crippen molar-refractivity contribution in [3.8, 4) is 0 Å². The second-order valence-electron chi connectivity index (χ2n) is 10.1. The lowest BCUT2D eigenvalue weighted by molar-refractivity contribution is 0.0955. The first-order valence-corrected chi connectivity index (χ1v) is 10.7. The number of halogens is 2. The highest BCUT2D eigenvalue weighted by Gasteiger charge is 2.36. The molecule has 0 unspecified atom stereocenters. The van der Waals surface area contributed by atoms with Crippen molar-refractivity contribution < 1.29 is 8.78 Å². The van der Waals surface area contributed by atoms with E-state index in [1.807, 2.05) is 13.8 Å². The van der Waals surface area contributed by atoms with Gasteiger partial charge in [0.1, 0.15) is 0 Å². The molecule has 1 aromatic rings. The van der Waals surface area contributed by atoms with Crippen molar-refractivity contribution in [2.24, 2.45) is 22.7 Å². The van der Waals surface area contributed by atoms with Crippen molar-refractivity contribution in [2.45, 2.75) is 86.5 Å². The minimum atomic E-state index is -0.721. The zero-order valence-electron chi connectivity index (χ0n) is 18.3. The topological polar surface area (TPSA) is 0 Å². The van der Waals surface area contributed by atoms with Crippen molar-refractivity contribution in [1.29, 1.82) is 0 Å². The molecule has 0 heterocycles. The van der Waals surface area contributed by atoms with Crippen LogP contribution < -0.4 is 0 Å². The van der Waals surface area contributed by atoms with E-state index in [0.29, 0.717) is 22.5 Å². The first kappa shape index (κ1) is 22.1. The molecule has 0 spiro atoms. The van der Waals surface area contributed by atoms with Gasteiger partial charge in [-0.2, -0.15) is 0 Å². The molecule has 0 atom stereocenters. The van der Waals surface area contributed by atoms with Gasteiger partial charge in [0.2, 0.25) is 0 Å². The monoisotopic (exact) mass is 376 g/mol. The van der Waals surface area contributed by atoms with Crippen LogP contribution in [0.3, 0.4) is 0 Å². The molecule has 0 nitrogen and oxygen atoms in total. The zero-order chi connectivity index (χ0) is 20.4. The lowest BCUT2D eigenvalue weighted by atomic mass is 9.63. The fourth-order valence-corrected chi connectivity index (χ4v) is 4.50. The lowest BCUT2D eigenvalue weighted by Gasteiger charge is -2.43. The standard InChI is InChI=1S/C25H38F2/c1-8-24(4,5)19-10-12-20(13-11-19)25(6,7)16-15-18-9-14-21(17(2)3)23(27)22(18)26/h9,14-17,19-20H,8,10-13H2,1-7H3. The maximum Gasteiger partial charge on any atom is 0.166 e. The van der Waals surface area contributed by atoms with E-state index in [1.165, 1.54) is 32.1 Å². The molecule has 2 rings (SSSR count). The van der Waals surface area contributed by atoms with E-state index in [2.05, 4.69) is 40.7 Å². The Hall–Kier alpha value is -1.18. The smallest absolute Gasteiger partial charge is 0.166 e. The van der Waals surface area contributed by atoms with Crippen LogP contribution in [-0.2, 0) is 0 Å². The average Bonchev–Trinajstić information content (AvgIpc) is 2.62. The van der Waals surface area contributed by atoms with Crippen LogP contribution in [0.4, 0.5) is 8.78 Å². The summed E-state index contributed by atoms with van der Waals surface area (Å²) in [6.07, 6.45) is 10.1. The van der Waals surface area contributed by atoms with Gasteiger partial charge in [-0.1, -0.05) is 79.2 Å². The highest BCUT2D eigenvalue weighted by Crippen LogP contribution is 2.47. The van der Waals surface area contributed by atoms with Crippen molar-refractivity contribution in [3.63, 3.8) is 0 Å². The van der Waals surface area contributed by atoms with Crippen LogP contribution in [0.2, 0.25) is 0 Å². The molecule has 1 aliphatic rings. The molecule has 27 heavy (non-hydrogen) atoms. The van der Waals surface area contributed by atoms with Crippen molar-refractivity contribution in [2.75, 3.05) is 0 Å². The zero-order valence-corrected chi connectivity index (χ0v) is 18.3. The van der Waals surface area contributed by atoms with Gasteiger partial charge < -0.3 is 0 Å². The largest absolute Gasteiger partial charge is 0.203 e. The molecule has 0 N–H and O–H groups in total. The molecule has 1 saturated carbocycles. The third kappa shape index (κ3) is 5.00. The summed E-state index contributed by atoms with van der Waals surface area (Å²) in [6.45, 7) is 15.3. The maximum atomic E-state index is 14.4. The second kappa shape index (κ2) is 8.45. The van der Waals surface area contributed by atoms with Crippen LogP contribution in [0, 0.1) is 34.3 Å². The minimum absolute atomic E-state index is 0.0129. The molecule has 0 amide bonds. The molecular formula is C25H38F2. The van der Waals surface area contributed by atoms with Crippen molar-refractivity contribution in [3.05, 3.63) is 41.0 Å². The van der Waals surface area contributed by atoms with E-state index in [0.717, 1.165) is 5.92 Å². The summed E-state index contributed by atoms with van der Waals surface area (Å²) in [5.74, 6) is -0.0420. The predicted molar refractivity (Wildman–Crippen MR) is 113 cm³/mol. The number of rotatable bonds is 6. The summed E-state index contributed by atoms with van der Waals surface area (Å²) in [7, 11) is 0. The van der Waals surface area contributed by atoms with Gasteiger partial charge in [-0.05, 0) is 59.8 Å². The maximum absolute atomic E-state index is 14.4. The lowest BCUT2D eigenvalue weighted by Crippen LogP contribution is -2.32. The van der Waals surface area contributed by atoms with Gasteiger partial charge in [-0.25, -0.2) is 8.78 Å². The van der Waals surface area contributed by atoms with Crippen LogP contribution in [0.15, 0.2) is 18.2 Å². The Kier molecular flexibility index (Phi) is 6.92. The van der Waals surface area contributed by atoms with Crippen LogP contribution >= 0.6 is 0 Å².